The number of anilines is 1. The van der Waals surface area contributed by atoms with E-state index in [0.717, 1.165) is 37.8 Å². The zero-order chi connectivity index (χ0) is 21.8. The fourth-order valence-electron chi connectivity index (χ4n) is 4.97. The van der Waals surface area contributed by atoms with E-state index in [1.54, 1.807) is 7.11 Å². The Kier molecular flexibility index (Phi) is 4.93. The summed E-state index contributed by atoms with van der Waals surface area (Å²) < 4.78 is 36.3. The molecule has 0 bridgehead atoms. The maximum atomic E-state index is 13.1. The van der Waals surface area contributed by atoms with Gasteiger partial charge >= 0.3 is 6.03 Å². The molecule has 0 spiro atoms. The van der Waals surface area contributed by atoms with Crippen LogP contribution in [0.3, 0.4) is 0 Å². The molecule has 3 atom stereocenters. The second kappa shape index (κ2) is 7.52. The van der Waals surface area contributed by atoms with Gasteiger partial charge in [0.2, 0.25) is 5.88 Å². The lowest BCUT2D eigenvalue weighted by atomic mass is 9.95. The number of urea groups is 1. The van der Waals surface area contributed by atoms with Gasteiger partial charge in [-0.05, 0) is 60.3 Å². The van der Waals surface area contributed by atoms with E-state index in [1.165, 1.54) is 33.1 Å². The first-order chi connectivity index (χ1) is 14.9. The minimum absolute atomic E-state index is 0.0640. The van der Waals surface area contributed by atoms with E-state index in [0.29, 0.717) is 12.5 Å². The molecular weight excluding hydrogens is 418 g/mol. The van der Waals surface area contributed by atoms with Crippen LogP contribution in [0.5, 0.6) is 5.88 Å². The summed E-state index contributed by atoms with van der Waals surface area (Å²) in [7, 11) is -2.07. The van der Waals surface area contributed by atoms with Crippen molar-refractivity contribution in [1.29, 1.82) is 4.78 Å². The number of methoxy groups -OCH3 is 1. The van der Waals surface area contributed by atoms with Gasteiger partial charge in [0.15, 0.2) is 9.92 Å². The van der Waals surface area contributed by atoms with Gasteiger partial charge in [-0.2, -0.15) is 5.10 Å². The molecule has 1 aromatic heterocycles. The molecule has 9 nitrogen and oxygen atoms in total. The van der Waals surface area contributed by atoms with Gasteiger partial charge in [-0.15, -0.1) is 0 Å². The number of nitrogens with one attached hydrogen (secondary N) is 3. The number of fused-ring (bicyclic) bond motifs is 3. The van der Waals surface area contributed by atoms with Crippen molar-refractivity contribution >= 4 is 21.6 Å². The van der Waals surface area contributed by atoms with Crippen molar-refractivity contribution in [2.45, 2.75) is 62.5 Å². The van der Waals surface area contributed by atoms with Crippen LogP contribution in [0.15, 0.2) is 17.2 Å². The summed E-state index contributed by atoms with van der Waals surface area (Å²) in [6.07, 6.45) is 6.24. The first-order valence-corrected chi connectivity index (χ1v) is 12.2. The predicted octanol–water partition coefficient (Wildman–Crippen LogP) is 2.97. The van der Waals surface area contributed by atoms with Crippen LogP contribution in [0.2, 0.25) is 0 Å². The highest BCUT2D eigenvalue weighted by atomic mass is 32.2. The van der Waals surface area contributed by atoms with E-state index in [-0.39, 0.29) is 23.5 Å². The first kappa shape index (κ1) is 20.3. The zero-order valence-corrected chi connectivity index (χ0v) is 18.5. The maximum absolute atomic E-state index is 13.1. The quantitative estimate of drug-likeness (QED) is 0.669. The Morgan fingerprint density at radius 1 is 1.35 bits per heavy atom. The molecule has 3 aliphatic rings. The van der Waals surface area contributed by atoms with Crippen molar-refractivity contribution < 1.29 is 18.5 Å². The van der Waals surface area contributed by atoms with Gasteiger partial charge in [-0.1, -0.05) is 13.0 Å². The van der Waals surface area contributed by atoms with Crippen molar-refractivity contribution in [1.82, 2.24) is 14.5 Å². The second-order valence-electron chi connectivity index (χ2n) is 8.53. The van der Waals surface area contributed by atoms with Crippen LogP contribution in [0.1, 0.15) is 47.9 Å². The molecule has 2 heterocycles. The van der Waals surface area contributed by atoms with E-state index < -0.39 is 15.9 Å². The number of aryl methyl sites for hydroxylation is 2. The lowest BCUT2D eigenvalue weighted by molar-refractivity contribution is 0.0165. The van der Waals surface area contributed by atoms with Crippen LogP contribution < -0.4 is 14.8 Å². The molecule has 3 N–H and O–H groups in total. The molecule has 0 unspecified atom stereocenters. The predicted molar refractivity (Wildman–Crippen MR) is 115 cm³/mol. The highest BCUT2D eigenvalue weighted by Gasteiger charge is 2.31. The van der Waals surface area contributed by atoms with Crippen molar-refractivity contribution in [2.24, 2.45) is 0 Å². The minimum Gasteiger partial charge on any atom is -0.474 e. The highest BCUT2D eigenvalue weighted by molar-refractivity contribution is 7.91. The van der Waals surface area contributed by atoms with E-state index in [1.807, 2.05) is 0 Å². The van der Waals surface area contributed by atoms with Gasteiger partial charge in [0.05, 0.1) is 12.7 Å². The number of hydrogen-bond acceptors (Lipinski definition) is 6. The lowest BCUT2D eigenvalue weighted by Gasteiger charge is -2.23. The third kappa shape index (κ3) is 3.47. The molecule has 2 aliphatic carbocycles. The number of carbonyl (C=O) groups excluding carboxylic acids is 1. The van der Waals surface area contributed by atoms with Crippen LogP contribution in [-0.4, -0.2) is 39.8 Å². The standard InChI is InChI=1S/C21H27N5O4S/c1-12-6-7-14-8-13-4-3-5-16(13)19(18(12)14)24-21(27)25-31(22,28)17-9-23-26-10-15(29-2)11-30-20(17)26/h8-9,12,15H,3-7,10-11H2,1-2H3,(H3,22,24,25,27,28)/t12-,15-,31+/m0/s1. The number of amides is 2. The second-order valence-corrected chi connectivity index (χ2v) is 10.3. The summed E-state index contributed by atoms with van der Waals surface area (Å²) in [5.74, 6) is 0.602. The SMILES string of the molecule is CO[C@@H]1COc2c([S@](=N)(=O)NC(=O)Nc3c4c(cc5c3[C@@H](C)CC5)CCC4)cnn2C1. The largest absolute Gasteiger partial charge is 0.474 e. The van der Waals surface area contributed by atoms with E-state index in [9.17, 15) is 9.00 Å². The molecule has 2 amide bonds. The van der Waals surface area contributed by atoms with E-state index in [4.69, 9.17) is 14.3 Å². The average Bonchev–Trinajstić information content (AvgIpc) is 3.45. The summed E-state index contributed by atoms with van der Waals surface area (Å²) in [5.41, 5.74) is 5.79. The third-order valence-electron chi connectivity index (χ3n) is 6.53. The Bertz CT molecular complexity index is 1160. The van der Waals surface area contributed by atoms with Gasteiger partial charge in [-0.25, -0.2) is 23.2 Å². The summed E-state index contributed by atoms with van der Waals surface area (Å²) >= 11 is 0. The first-order valence-electron chi connectivity index (χ1n) is 10.6. The van der Waals surface area contributed by atoms with Crippen LogP contribution in [0.4, 0.5) is 10.5 Å². The molecule has 0 radical (unpaired) electrons. The summed E-state index contributed by atoms with van der Waals surface area (Å²) in [4.78, 5) is 13.0. The van der Waals surface area contributed by atoms with E-state index in [2.05, 4.69) is 28.1 Å². The molecular formula is C21H27N5O4S. The van der Waals surface area contributed by atoms with Crippen LogP contribution in [-0.2, 0) is 40.5 Å². The lowest BCUT2D eigenvalue weighted by Crippen LogP contribution is -2.35. The molecule has 0 saturated carbocycles. The van der Waals surface area contributed by atoms with Crippen molar-refractivity contribution in [2.75, 3.05) is 19.0 Å². The molecule has 0 fully saturated rings. The molecule has 2 aromatic rings. The fourth-order valence-corrected chi connectivity index (χ4v) is 5.99. The van der Waals surface area contributed by atoms with Crippen molar-refractivity contribution in [3.63, 3.8) is 0 Å². The highest BCUT2D eigenvalue weighted by Crippen LogP contribution is 2.43. The Morgan fingerprint density at radius 2 is 2.19 bits per heavy atom. The number of aromatic nitrogens is 2. The summed E-state index contributed by atoms with van der Waals surface area (Å²) in [6.45, 7) is 2.89. The maximum Gasteiger partial charge on any atom is 0.331 e. The number of rotatable bonds is 4. The summed E-state index contributed by atoms with van der Waals surface area (Å²) in [5, 5.41) is 7.11. The Labute approximate surface area is 181 Å². The molecule has 1 aromatic carbocycles. The van der Waals surface area contributed by atoms with Gasteiger partial charge < -0.3 is 14.8 Å². The van der Waals surface area contributed by atoms with Crippen molar-refractivity contribution in [3.05, 3.63) is 34.5 Å². The minimum atomic E-state index is -3.65. The van der Waals surface area contributed by atoms with Gasteiger partial charge in [0, 0.05) is 12.8 Å². The summed E-state index contributed by atoms with van der Waals surface area (Å²) in [6, 6.07) is 1.65. The van der Waals surface area contributed by atoms with E-state index >= 15 is 0 Å². The number of benzene rings is 1. The monoisotopic (exact) mass is 445 g/mol. The van der Waals surface area contributed by atoms with Crippen molar-refractivity contribution in [3.8, 4) is 5.88 Å². The average molecular weight is 446 g/mol. The van der Waals surface area contributed by atoms with Crippen LogP contribution in [0.25, 0.3) is 0 Å². The van der Waals surface area contributed by atoms with Gasteiger partial charge in [-0.3, -0.25) is 0 Å². The Morgan fingerprint density at radius 3 is 3.00 bits per heavy atom. The molecule has 1 aliphatic heterocycles. The number of carbonyl (C=O) groups is 1. The van der Waals surface area contributed by atoms with Gasteiger partial charge in [0.1, 0.15) is 17.6 Å². The Balaban J connectivity index is 1.40. The molecule has 5 rings (SSSR count). The molecule has 31 heavy (non-hydrogen) atoms. The van der Waals surface area contributed by atoms with Crippen LogP contribution >= 0.6 is 0 Å². The van der Waals surface area contributed by atoms with Gasteiger partial charge in [0.25, 0.3) is 0 Å². The molecule has 0 saturated heterocycles. The number of nitrogens with zero attached hydrogens (tertiary/aromatic N) is 2. The molecule has 10 heteroatoms. The molecule has 166 valence electrons. The topological polar surface area (TPSA) is 118 Å². The fraction of sp³-hybridized carbons (Fsp3) is 0.524. The Hall–Kier alpha value is -2.59. The number of hydrogen-bond donors (Lipinski definition) is 3. The van der Waals surface area contributed by atoms with Crippen LogP contribution in [0, 0.1) is 4.78 Å². The smallest absolute Gasteiger partial charge is 0.331 e. The normalized spacial score (nSPS) is 23.3. The zero-order valence-electron chi connectivity index (χ0n) is 17.7. The number of ether oxygens (including phenoxy) is 2. The third-order valence-corrected chi connectivity index (χ3v) is 7.90.